The van der Waals surface area contributed by atoms with E-state index in [1.165, 1.54) is 6.20 Å². The maximum Gasteiger partial charge on any atom is 0.256 e. The number of hydrogen-bond acceptors (Lipinski definition) is 5. The number of aliphatic hydroxyl groups excluding tert-OH is 1. The zero-order valence-electron chi connectivity index (χ0n) is 16.6. The van der Waals surface area contributed by atoms with Crippen molar-refractivity contribution in [3.05, 3.63) is 75.4 Å². The molecule has 2 aromatic carbocycles. The van der Waals surface area contributed by atoms with Gasteiger partial charge in [-0.3, -0.25) is 4.79 Å². The van der Waals surface area contributed by atoms with E-state index in [-0.39, 0.29) is 12.5 Å². The van der Waals surface area contributed by atoms with Gasteiger partial charge in [-0.2, -0.15) is 0 Å². The number of hydrogen-bond donors (Lipinski definition) is 3. The Morgan fingerprint density at radius 2 is 1.84 bits per heavy atom. The number of aliphatic hydroxyl groups is 1. The highest BCUT2D eigenvalue weighted by Crippen LogP contribution is 2.33. The number of nitrogens with zero attached hydrogens (tertiary/aromatic N) is 3. The van der Waals surface area contributed by atoms with E-state index in [4.69, 9.17) is 34.8 Å². The maximum atomic E-state index is 12.7. The molecular weight excluding hydrogens is 473 g/mol. The molecule has 0 radical (unpaired) electrons. The van der Waals surface area contributed by atoms with E-state index in [1.54, 1.807) is 48.5 Å². The lowest BCUT2D eigenvalue weighted by Crippen LogP contribution is -2.12. The summed E-state index contributed by atoms with van der Waals surface area (Å²) >= 11 is 18.6. The van der Waals surface area contributed by atoms with Crippen LogP contribution in [0.1, 0.15) is 16.8 Å². The number of halogens is 3. The van der Waals surface area contributed by atoms with Gasteiger partial charge in [-0.25, -0.2) is 9.97 Å². The van der Waals surface area contributed by atoms with Crippen LogP contribution in [0.4, 0.5) is 17.5 Å². The molecule has 4 rings (SSSR count). The standard InChI is InChI=1S/C22H18Cl3N5O2/c23-14-7-8-26-19(12-14)28-21(32)13-5-6-18-17(11-13)27-22(30(18)9-2-10-31)29-20-15(24)3-1-4-16(20)25/h1,3-8,11-12,31H,2,9-10H2,(H,27,29)(H,26,28,32). The van der Waals surface area contributed by atoms with Crippen LogP contribution in [0.15, 0.2) is 54.7 Å². The van der Waals surface area contributed by atoms with Gasteiger partial charge in [0.15, 0.2) is 0 Å². The number of fused-ring (bicyclic) bond motifs is 1. The van der Waals surface area contributed by atoms with E-state index in [2.05, 4.69) is 20.6 Å². The molecule has 3 N–H and O–H groups in total. The molecule has 4 aromatic rings. The van der Waals surface area contributed by atoms with Gasteiger partial charge in [-0.15, -0.1) is 0 Å². The minimum Gasteiger partial charge on any atom is -0.396 e. The number of pyridine rings is 1. The van der Waals surface area contributed by atoms with Crippen molar-refractivity contribution in [1.29, 1.82) is 0 Å². The van der Waals surface area contributed by atoms with Gasteiger partial charge >= 0.3 is 0 Å². The van der Waals surface area contributed by atoms with Crippen LogP contribution < -0.4 is 10.6 Å². The average molecular weight is 491 g/mol. The molecule has 0 atom stereocenters. The molecule has 0 bridgehead atoms. The summed E-state index contributed by atoms with van der Waals surface area (Å²) in [6, 6.07) is 13.6. The number of benzene rings is 2. The highest BCUT2D eigenvalue weighted by atomic mass is 35.5. The van der Waals surface area contributed by atoms with E-state index in [9.17, 15) is 9.90 Å². The van der Waals surface area contributed by atoms with Gasteiger partial charge in [-0.05, 0) is 48.9 Å². The normalized spacial score (nSPS) is 11.0. The maximum absolute atomic E-state index is 12.7. The van der Waals surface area contributed by atoms with Crippen molar-refractivity contribution in [3.63, 3.8) is 0 Å². The smallest absolute Gasteiger partial charge is 0.256 e. The SMILES string of the molecule is O=C(Nc1cc(Cl)ccn1)c1ccc2c(c1)nc(Nc1c(Cl)cccc1Cl)n2CCCO. The Bertz CT molecular complexity index is 1270. The first-order valence-corrected chi connectivity index (χ1v) is 10.8. The number of nitrogens with one attached hydrogen (secondary N) is 2. The fourth-order valence-electron chi connectivity index (χ4n) is 3.21. The van der Waals surface area contributed by atoms with Crippen molar-refractivity contribution < 1.29 is 9.90 Å². The van der Waals surface area contributed by atoms with E-state index in [1.807, 2.05) is 4.57 Å². The molecule has 0 aliphatic rings. The summed E-state index contributed by atoms with van der Waals surface area (Å²) in [5, 5.41) is 16.6. The fourth-order valence-corrected chi connectivity index (χ4v) is 3.86. The topological polar surface area (TPSA) is 92.1 Å². The molecule has 0 fully saturated rings. The van der Waals surface area contributed by atoms with E-state index < -0.39 is 0 Å². The van der Waals surface area contributed by atoms with Crippen LogP contribution in [-0.2, 0) is 6.54 Å². The second-order valence-corrected chi connectivity index (χ2v) is 8.15. The number of aromatic nitrogens is 3. The van der Waals surface area contributed by atoms with Crippen molar-refractivity contribution in [1.82, 2.24) is 14.5 Å². The zero-order chi connectivity index (χ0) is 22.7. The summed E-state index contributed by atoms with van der Waals surface area (Å²) in [4.78, 5) is 21.4. The van der Waals surface area contributed by atoms with Gasteiger partial charge < -0.3 is 20.3 Å². The van der Waals surface area contributed by atoms with Crippen molar-refractivity contribution in [3.8, 4) is 0 Å². The number of imidazole rings is 1. The molecule has 0 aliphatic carbocycles. The van der Waals surface area contributed by atoms with Gasteiger partial charge in [0, 0.05) is 29.9 Å². The minimum absolute atomic E-state index is 0.0269. The predicted molar refractivity (Wildman–Crippen MR) is 128 cm³/mol. The summed E-state index contributed by atoms with van der Waals surface area (Å²) in [5.41, 5.74) is 2.33. The monoisotopic (exact) mass is 489 g/mol. The third kappa shape index (κ3) is 4.81. The van der Waals surface area contributed by atoms with Crippen LogP contribution in [0.3, 0.4) is 0 Å². The molecule has 7 nitrogen and oxygen atoms in total. The molecule has 164 valence electrons. The van der Waals surface area contributed by atoms with Gasteiger partial charge in [0.05, 0.1) is 26.8 Å². The molecular formula is C22H18Cl3N5O2. The van der Waals surface area contributed by atoms with Crippen LogP contribution in [-0.4, -0.2) is 32.2 Å². The number of carbonyl (C=O) groups excluding carboxylic acids is 1. The lowest BCUT2D eigenvalue weighted by atomic mass is 10.2. The molecule has 1 amide bonds. The minimum atomic E-state index is -0.338. The number of carbonyl (C=O) groups is 1. The first-order valence-electron chi connectivity index (χ1n) is 9.71. The molecule has 2 aromatic heterocycles. The zero-order valence-corrected chi connectivity index (χ0v) is 18.9. The molecule has 10 heteroatoms. The van der Waals surface area contributed by atoms with Crippen LogP contribution in [0.25, 0.3) is 11.0 Å². The van der Waals surface area contributed by atoms with Crippen molar-refractivity contribution in [2.45, 2.75) is 13.0 Å². The predicted octanol–water partition coefficient (Wildman–Crippen LogP) is 5.77. The Morgan fingerprint density at radius 3 is 2.56 bits per heavy atom. The third-order valence-corrected chi connectivity index (χ3v) is 5.58. The number of aryl methyl sites for hydroxylation is 1. The Kier molecular flexibility index (Phi) is 6.81. The van der Waals surface area contributed by atoms with Gasteiger partial charge in [0.1, 0.15) is 5.82 Å². The number of para-hydroxylation sites is 1. The quantitative estimate of drug-likeness (QED) is 0.306. The molecule has 2 heterocycles. The summed E-state index contributed by atoms with van der Waals surface area (Å²) in [5.74, 6) is 0.513. The Hall–Kier alpha value is -2.84. The van der Waals surface area contributed by atoms with E-state index in [0.717, 1.165) is 5.52 Å². The van der Waals surface area contributed by atoms with Crippen molar-refractivity contribution >= 4 is 69.2 Å². The summed E-state index contributed by atoms with van der Waals surface area (Å²) in [6.45, 7) is 0.536. The number of amides is 1. The highest BCUT2D eigenvalue weighted by Gasteiger charge is 2.16. The highest BCUT2D eigenvalue weighted by molar-refractivity contribution is 6.39. The van der Waals surface area contributed by atoms with Crippen LogP contribution in [0.2, 0.25) is 15.1 Å². The molecule has 32 heavy (non-hydrogen) atoms. The molecule has 0 spiro atoms. The summed E-state index contributed by atoms with van der Waals surface area (Å²) in [7, 11) is 0. The third-order valence-electron chi connectivity index (χ3n) is 4.71. The van der Waals surface area contributed by atoms with Gasteiger partial charge in [0.2, 0.25) is 5.95 Å². The average Bonchev–Trinajstić information content (AvgIpc) is 3.11. The summed E-state index contributed by atoms with van der Waals surface area (Å²) in [6.07, 6.45) is 2.04. The van der Waals surface area contributed by atoms with Crippen LogP contribution in [0, 0.1) is 0 Å². The lowest BCUT2D eigenvalue weighted by molar-refractivity contribution is 0.102. The van der Waals surface area contributed by atoms with Gasteiger partial charge in [0.25, 0.3) is 5.91 Å². The Morgan fingerprint density at radius 1 is 1.06 bits per heavy atom. The fraction of sp³-hybridized carbons (Fsp3) is 0.136. The molecule has 0 saturated carbocycles. The molecule has 0 saturated heterocycles. The largest absolute Gasteiger partial charge is 0.396 e. The lowest BCUT2D eigenvalue weighted by Gasteiger charge is -2.12. The van der Waals surface area contributed by atoms with Crippen LogP contribution >= 0.6 is 34.8 Å². The second-order valence-electron chi connectivity index (χ2n) is 6.90. The van der Waals surface area contributed by atoms with Crippen LogP contribution in [0.5, 0.6) is 0 Å². The first kappa shape index (κ1) is 22.4. The summed E-state index contributed by atoms with van der Waals surface area (Å²) < 4.78 is 1.91. The molecule has 0 aliphatic heterocycles. The van der Waals surface area contributed by atoms with Crippen molar-refractivity contribution in [2.75, 3.05) is 17.2 Å². The van der Waals surface area contributed by atoms with E-state index in [0.29, 0.717) is 56.6 Å². The number of rotatable bonds is 7. The molecule has 0 unspecified atom stereocenters. The van der Waals surface area contributed by atoms with Gasteiger partial charge in [-0.1, -0.05) is 40.9 Å². The Labute approximate surface area is 199 Å². The van der Waals surface area contributed by atoms with E-state index >= 15 is 0 Å². The second kappa shape index (κ2) is 9.75. The first-order chi connectivity index (χ1) is 15.5. The van der Waals surface area contributed by atoms with Crippen molar-refractivity contribution in [2.24, 2.45) is 0 Å². The number of anilines is 3. The Balaban J connectivity index is 1.69.